The van der Waals surface area contributed by atoms with Gasteiger partial charge in [-0.25, -0.2) is 9.97 Å². The van der Waals surface area contributed by atoms with E-state index in [1.54, 1.807) is 11.3 Å². The number of fused-ring (bicyclic) bond motifs is 6. The second-order valence-corrected chi connectivity index (χ2v) is 13.9. The summed E-state index contributed by atoms with van der Waals surface area (Å²) in [5, 5.41) is 4.70. The molecule has 0 saturated heterocycles. The van der Waals surface area contributed by atoms with E-state index in [2.05, 4.69) is 163 Å². The highest BCUT2D eigenvalue weighted by Crippen LogP contribution is 2.40. The maximum absolute atomic E-state index is 5.23. The molecule has 0 amide bonds. The van der Waals surface area contributed by atoms with Gasteiger partial charge >= 0.3 is 0 Å². The van der Waals surface area contributed by atoms with Gasteiger partial charge < -0.3 is 0 Å². The second-order valence-electron chi connectivity index (χ2n) is 12.8. The molecule has 10 rings (SSSR count). The van der Waals surface area contributed by atoms with Crippen LogP contribution in [0.4, 0.5) is 0 Å². The minimum Gasteiger partial charge on any atom is -0.256 e. The predicted molar refractivity (Wildman–Crippen MR) is 215 cm³/mol. The van der Waals surface area contributed by atoms with E-state index < -0.39 is 0 Å². The third-order valence-corrected chi connectivity index (χ3v) is 11.0. The number of thiophene rings is 1. The Balaban J connectivity index is 1.00. The van der Waals surface area contributed by atoms with Crippen molar-refractivity contribution in [2.24, 2.45) is 0 Å². The zero-order valence-electron chi connectivity index (χ0n) is 27.5. The van der Waals surface area contributed by atoms with Crippen LogP contribution in [-0.2, 0) is 0 Å². The summed E-state index contributed by atoms with van der Waals surface area (Å²) in [7, 11) is 0. The van der Waals surface area contributed by atoms with Gasteiger partial charge in [-0.15, -0.1) is 11.3 Å². The second kappa shape index (κ2) is 12.1. The van der Waals surface area contributed by atoms with Crippen molar-refractivity contribution in [3.63, 3.8) is 0 Å². The van der Waals surface area contributed by atoms with E-state index in [9.17, 15) is 0 Å². The van der Waals surface area contributed by atoms with Crippen molar-refractivity contribution in [1.82, 2.24) is 15.0 Å². The first-order chi connectivity index (χ1) is 25.3. The van der Waals surface area contributed by atoms with Crippen LogP contribution in [-0.4, -0.2) is 15.0 Å². The van der Waals surface area contributed by atoms with Crippen LogP contribution in [0, 0.1) is 0 Å². The summed E-state index contributed by atoms with van der Waals surface area (Å²) in [6, 6.07) is 60.2. The van der Waals surface area contributed by atoms with E-state index in [0.717, 1.165) is 60.3 Å². The summed E-state index contributed by atoms with van der Waals surface area (Å²) in [4.78, 5) is 15.1. The van der Waals surface area contributed by atoms with E-state index in [1.165, 1.54) is 37.7 Å². The van der Waals surface area contributed by atoms with Crippen LogP contribution in [0.5, 0.6) is 0 Å². The number of hydrogen-bond donors (Lipinski definition) is 0. The molecule has 51 heavy (non-hydrogen) atoms. The highest BCUT2D eigenvalue weighted by molar-refractivity contribution is 7.26. The van der Waals surface area contributed by atoms with Gasteiger partial charge in [0.05, 0.1) is 21.4 Å². The van der Waals surface area contributed by atoms with Crippen molar-refractivity contribution in [3.05, 3.63) is 176 Å². The van der Waals surface area contributed by atoms with E-state index in [0.29, 0.717) is 0 Å². The molecule has 0 aliphatic carbocycles. The van der Waals surface area contributed by atoms with E-state index in [-0.39, 0.29) is 0 Å². The topological polar surface area (TPSA) is 38.7 Å². The average Bonchev–Trinajstić information content (AvgIpc) is 3.59. The maximum Gasteiger partial charge on any atom is 0.160 e. The van der Waals surface area contributed by atoms with E-state index >= 15 is 0 Å². The SMILES string of the molecule is c1ccc(-c2ccc(-c3nc(-c4ccc(-c5ccc(-c6cccc7c6ccc6cccnc67)cc5)cc4)nc4c3sc3ccccc34)cc2)cc1. The van der Waals surface area contributed by atoms with Gasteiger partial charge in [-0.2, -0.15) is 0 Å². The first-order valence-electron chi connectivity index (χ1n) is 17.1. The van der Waals surface area contributed by atoms with Gasteiger partial charge in [0.25, 0.3) is 0 Å². The van der Waals surface area contributed by atoms with Crippen LogP contribution >= 0.6 is 11.3 Å². The van der Waals surface area contributed by atoms with Gasteiger partial charge in [-0.1, -0.05) is 158 Å². The number of pyridine rings is 1. The molecule has 7 aromatic carbocycles. The van der Waals surface area contributed by atoms with Gasteiger partial charge in [-0.05, 0) is 50.9 Å². The van der Waals surface area contributed by atoms with Crippen molar-refractivity contribution in [2.45, 2.75) is 0 Å². The highest BCUT2D eigenvalue weighted by Gasteiger charge is 2.17. The Bertz CT molecular complexity index is 2880. The lowest BCUT2D eigenvalue weighted by Crippen LogP contribution is -1.94. The minimum absolute atomic E-state index is 0.730. The lowest BCUT2D eigenvalue weighted by molar-refractivity contribution is 1.24. The van der Waals surface area contributed by atoms with Gasteiger partial charge in [0, 0.05) is 38.2 Å². The van der Waals surface area contributed by atoms with Crippen LogP contribution in [0.2, 0.25) is 0 Å². The van der Waals surface area contributed by atoms with E-state index in [4.69, 9.17) is 9.97 Å². The molecule has 238 valence electrons. The number of hydrogen-bond acceptors (Lipinski definition) is 4. The lowest BCUT2D eigenvalue weighted by atomic mass is 9.95. The normalized spacial score (nSPS) is 11.5. The lowest BCUT2D eigenvalue weighted by Gasteiger charge is -2.11. The quantitative estimate of drug-likeness (QED) is 0.171. The molecule has 3 nitrogen and oxygen atoms in total. The van der Waals surface area contributed by atoms with Crippen LogP contribution < -0.4 is 0 Å². The third-order valence-electron chi connectivity index (χ3n) is 9.79. The molecule has 4 heteroatoms. The number of aromatic nitrogens is 3. The minimum atomic E-state index is 0.730. The Morgan fingerprint density at radius 2 is 1.00 bits per heavy atom. The Morgan fingerprint density at radius 1 is 0.373 bits per heavy atom. The van der Waals surface area contributed by atoms with Crippen LogP contribution in [0.1, 0.15) is 0 Å². The summed E-state index contributed by atoms with van der Waals surface area (Å²) >= 11 is 1.76. The van der Waals surface area contributed by atoms with Gasteiger partial charge in [0.2, 0.25) is 0 Å². The Kier molecular flexibility index (Phi) is 7.00. The zero-order valence-corrected chi connectivity index (χ0v) is 28.3. The fraction of sp³-hybridized carbons (Fsp3) is 0. The zero-order chi connectivity index (χ0) is 33.7. The average molecular weight is 668 g/mol. The Labute approximate surface area is 299 Å². The molecule has 0 unspecified atom stereocenters. The molecule has 10 aromatic rings. The molecule has 3 aromatic heterocycles. The van der Waals surface area contributed by atoms with Crippen molar-refractivity contribution in [3.8, 4) is 56.0 Å². The maximum atomic E-state index is 5.23. The van der Waals surface area contributed by atoms with E-state index in [1.807, 2.05) is 18.3 Å². The summed E-state index contributed by atoms with van der Waals surface area (Å²) in [5.41, 5.74) is 12.2. The summed E-state index contributed by atoms with van der Waals surface area (Å²) in [5.74, 6) is 0.730. The predicted octanol–water partition coefficient (Wildman–Crippen LogP) is 12.9. The molecular weight excluding hydrogens is 639 g/mol. The number of nitrogens with zero attached hydrogens (tertiary/aromatic N) is 3. The molecule has 0 aliphatic rings. The van der Waals surface area contributed by atoms with Crippen molar-refractivity contribution in [1.29, 1.82) is 0 Å². The molecule has 0 atom stereocenters. The highest BCUT2D eigenvalue weighted by atomic mass is 32.1. The molecule has 0 bridgehead atoms. The van der Waals surface area contributed by atoms with Gasteiger partial charge in [-0.3, -0.25) is 4.98 Å². The molecule has 0 spiro atoms. The molecule has 0 N–H and O–H groups in total. The largest absolute Gasteiger partial charge is 0.256 e. The summed E-state index contributed by atoms with van der Waals surface area (Å²) in [6.07, 6.45) is 1.87. The molecule has 0 saturated carbocycles. The van der Waals surface area contributed by atoms with Crippen molar-refractivity contribution in [2.75, 3.05) is 0 Å². The first-order valence-corrected chi connectivity index (χ1v) is 17.9. The molecule has 0 radical (unpaired) electrons. The van der Waals surface area contributed by atoms with Gasteiger partial charge in [0.15, 0.2) is 5.82 Å². The Morgan fingerprint density at radius 3 is 1.76 bits per heavy atom. The number of rotatable bonds is 5. The monoisotopic (exact) mass is 667 g/mol. The molecule has 3 heterocycles. The summed E-state index contributed by atoms with van der Waals surface area (Å²) in [6.45, 7) is 0. The smallest absolute Gasteiger partial charge is 0.160 e. The number of benzene rings is 7. The third kappa shape index (κ3) is 5.16. The molecule has 0 fully saturated rings. The van der Waals surface area contributed by atoms with Crippen LogP contribution in [0.25, 0.3) is 98.0 Å². The van der Waals surface area contributed by atoms with Crippen LogP contribution in [0.3, 0.4) is 0 Å². The van der Waals surface area contributed by atoms with Crippen molar-refractivity contribution < 1.29 is 0 Å². The Hall–Kier alpha value is -6.49. The summed E-state index contributed by atoms with van der Waals surface area (Å²) < 4.78 is 2.33. The van der Waals surface area contributed by atoms with Gasteiger partial charge in [0.1, 0.15) is 0 Å². The first kappa shape index (κ1) is 29.4. The fourth-order valence-corrected chi connectivity index (χ4v) is 8.33. The standard InChI is InChI=1S/C47H29N3S/c1-2-8-30(9-3-1)31-17-23-36(24-18-31)44-46-45(41-11-4-5-14-42(41)51-46)50-47(49-44)37-25-19-33(20-26-37)32-15-21-34(22-16-32)38-12-6-13-40-39(38)28-27-35-10-7-29-48-43(35)40/h1-29H. The molecular formula is C47H29N3S. The molecule has 0 aliphatic heterocycles. The van der Waals surface area contributed by atoms with Crippen LogP contribution in [0.15, 0.2) is 176 Å². The fourth-order valence-electron chi connectivity index (χ4n) is 7.17. The van der Waals surface area contributed by atoms with Crippen molar-refractivity contribution >= 4 is 53.3 Å².